The average Bonchev–Trinajstić information content (AvgIpc) is 2.30. The van der Waals surface area contributed by atoms with Crippen LogP contribution in [0.5, 0.6) is 0 Å². The molecule has 2 nitrogen and oxygen atoms in total. The van der Waals surface area contributed by atoms with Gasteiger partial charge >= 0.3 is 0 Å². The number of carbonyl (C=O) groups excluding carboxylic acids is 1. The largest absolute Gasteiger partial charge is 0.326 e. The summed E-state index contributed by atoms with van der Waals surface area (Å²) < 4.78 is 0. The van der Waals surface area contributed by atoms with E-state index in [1.807, 2.05) is 48.5 Å². The second-order valence-electron chi connectivity index (χ2n) is 3.53. The van der Waals surface area contributed by atoms with Crippen molar-refractivity contribution in [1.82, 2.24) is 0 Å². The van der Waals surface area contributed by atoms with Crippen LogP contribution in [0.15, 0.2) is 48.5 Å². The van der Waals surface area contributed by atoms with Crippen molar-refractivity contribution < 1.29 is 4.79 Å². The molecule has 79 valence electrons. The highest BCUT2D eigenvalue weighted by Crippen LogP contribution is 2.20. The van der Waals surface area contributed by atoms with Crippen molar-refractivity contribution in [2.24, 2.45) is 0 Å². The molecular weight excluding hydrogens is 198 g/mol. The maximum atomic E-state index is 10.9. The lowest BCUT2D eigenvalue weighted by atomic mass is 10.1. The Morgan fingerprint density at radius 3 is 2.44 bits per heavy atom. The minimum Gasteiger partial charge on any atom is -0.326 e. The molecule has 16 heavy (non-hydrogen) atoms. The van der Waals surface area contributed by atoms with Gasteiger partial charge in [-0.05, 0) is 29.3 Å². The molecule has 2 rings (SSSR count). The van der Waals surface area contributed by atoms with Crippen LogP contribution in [0, 0.1) is 6.07 Å². The minimum atomic E-state index is -0.0565. The molecule has 0 fully saturated rings. The third-order valence-electron chi connectivity index (χ3n) is 2.23. The number of carbonyl (C=O) groups is 1. The molecule has 0 saturated carbocycles. The Hall–Kier alpha value is -2.09. The van der Waals surface area contributed by atoms with Crippen molar-refractivity contribution >= 4 is 11.6 Å². The fraction of sp³-hybridized carbons (Fsp3) is 0.0714. The van der Waals surface area contributed by atoms with E-state index in [9.17, 15) is 4.79 Å². The first-order valence-electron chi connectivity index (χ1n) is 5.10. The molecule has 0 atom stereocenters. The number of hydrogen-bond acceptors (Lipinski definition) is 1. The Bertz CT molecular complexity index is 474. The van der Waals surface area contributed by atoms with Crippen molar-refractivity contribution in [1.29, 1.82) is 0 Å². The van der Waals surface area contributed by atoms with Gasteiger partial charge < -0.3 is 5.32 Å². The fourth-order valence-electron chi connectivity index (χ4n) is 1.51. The summed E-state index contributed by atoms with van der Waals surface area (Å²) in [5.74, 6) is -0.0565. The molecule has 1 radical (unpaired) electrons. The molecule has 0 bridgehead atoms. The summed E-state index contributed by atoms with van der Waals surface area (Å²) in [5, 5.41) is 2.73. The van der Waals surface area contributed by atoms with Gasteiger partial charge in [-0.15, -0.1) is 0 Å². The first kappa shape index (κ1) is 10.4. The summed E-state index contributed by atoms with van der Waals surface area (Å²) in [6, 6.07) is 18.7. The lowest BCUT2D eigenvalue weighted by Crippen LogP contribution is -2.05. The molecule has 0 spiro atoms. The molecule has 1 N–H and O–H groups in total. The quantitative estimate of drug-likeness (QED) is 0.810. The molecule has 1 amide bonds. The third-order valence-corrected chi connectivity index (χ3v) is 2.23. The summed E-state index contributed by atoms with van der Waals surface area (Å²) in [7, 11) is 0. The van der Waals surface area contributed by atoms with E-state index >= 15 is 0 Å². The van der Waals surface area contributed by atoms with E-state index in [4.69, 9.17) is 0 Å². The lowest BCUT2D eigenvalue weighted by molar-refractivity contribution is -0.114. The van der Waals surface area contributed by atoms with Crippen molar-refractivity contribution in [2.75, 3.05) is 5.32 Å². The molecule has 0 saturated heterocycles. The van der Waals surface area contributed by atoms with Crippen LogP contribution in [0.3, 0.4) is 0 Å². The van der Waals surface area contributed by atoms with E-state index in [1.165, 1.54) is 6.92 Å². The Balaban J connectivity index is 2.23. The Kier molecular flexibility index (Phi) is 3.01. The Labute approximate surface area is 94.9 Å². The fourth-order valence-corrected chi connectivity index (χ4v) is 1.51. The van der Waals surface area contributed by atoms with E-state index in [1.54, 1.807) is 0 Å². The monoisotopic (exact) mass is 210 g/mol. The van der Waals surface area contributed by atoms with E-state index in [0.717, 1.165) is 16.8 Å². The van der Waals surface area contributed by atoms with Gasteiger partial charge in [0, 0.05) is 12.6 Å². The highest BCUT2D eigenvalue weighted by atomic mass is 16.1. The SMILES string of the molecule is CC(=O)Nc1ccc(-c2[c]cccc2)cc1. The van der Waals surface area contributed by atoms with Gasteiger partial charge in [-0.3, -0.25) is 4.79 Å². The van der Waals surface area contributed by atoms with Gasteiger partial charge in [0.25, 0.3) is 0 Å². The second-order valence-corrected chi connectivity index (χ2v) is 3.53. The van der Waals surface area contributed by atoms with Crippen LogP contribution >= 0.6 is 0 Å². The molecule has 0 heterocycles. The van der Waals surface area contributed by atoms with Crippen LogP contribution in [-0.2, 0) is 4.79 Å². The summed E-state index contributed by atoms with van der Waals surface area (Å²) in [6.07, 6.45) is 0. The standard InChI is InChI=1S/C14H12NO/c1-11(16)15-14-9-7-13(8-10-14)12-5-3-2-4-6-12/h2-5,7-10H,1H3,(H,15,16). The average molecular weight is 210 g/mol. The molecule has 2 heteroatoms. The summed E-state index contributed by atoms with van der Waals surface area (Å²) in [4.78, 5) is 10.9. The van der Waals surface area contributed by atoms with Gasteiger partial charge in [-0.25, -0.2) is 0 Å². The molecule has 0 unspecified atom stereocenters. The maximum absolute atomic E-state index is 10.9. The third kappa shape index (κ3) is 2.48. The molecule has 0 aliphatic carbocycles. The highest BCUT2D eigenvalue weighted by molar-refractivity contribution is 5.88. The van der Waals surface area contributed by atoms with E-state index in [-0.39, 0.29) is 5.91 Å². The van der Waals surface area contributed by atoms with Crippen LogP contribution < -0.4 is 5.32 Å². The normalized spacial score (nSPS) is 9.81. The van der Waals surface area contributed by atoms with Crippen LogP contribution in [0.4, 0.5) is 5.69 Å². The van der Waals surface area contributed by atoms with E-state index in [0.29, 0.717) is 0 Å². The Morgan fingerprint density at radius 2 is 1.88 bits per heavy atom. The van der Waals surface area contributed by atoms with Gasteiger partial charge in [0.05, 0.1) is 0 Å². The zero-order valence-corrected chi connectivity index (χ0v) is 9.03. The Morgan fingerprint density at radius 1 is 1.12 bits per heavy atom. The summed E-state index contributed by atoms with van der Waals surface area (Å²) >= 11 is 0. The van der Waals surface area contributed by atoms with Crippen molar-refractivity contribution in [3.63, 3.8) is 0 Å². The predicted molar refractivity (Wildman–Crippen MR) is 65.0 cm³/mol. The van der Waals surface area contributed by atoms with Gasteiger partial charge in [0.2, 0.25) is 5.91 Å². The topological polar surface area (TPSA) is 29.1 Å². The smallest absolute Gasteiger partial charge is 0.221 e. The summed E-state index contributed by atoms with van der Waals surface area (Å²) in [5.41, 5.74) is 2.96. The van der Waals surface area contributed by atoms with Gasteiger partial charge in [0.15, 0.2) is 0 Å². The maximum Gasteiger partial charge on any atom is 0.221 e. The van der Waals surface area contributed by atoms with Crippen molar-refractivity contribution in [2.45, 2.75) is 6.92 Å². The number of amides is 1. The zero-order valence-electron chi connectivity index (χ0n) is 9.03. The molecule has 0 aliphatic rings. The van der Waals surface area contributed by atoms with Crippen LogP contribution in [0.2, 0.25) is 0 Å². The van der Waals surface area contributed by atoms with Crippen LogP contribution in [0.1, 0.15) is 6.92 Å². The molecule has 0 aliphatic heterocycles. The molecule has 2 aromatic rings. The van der Waals surface area contributed by atoms with Gasteiger partial charge in [-0.1, -0.05) is 36.4 Å². The first-order chi connectivity index (χ1) is 7.75. The first-order valence-corrected chi connectivity index (χ1v) is 5.10. The number of benzene rings is 2. The zero-order chi connectivity index (χ0) is 11.4. The summed E-state index contributed by atoms with van der Waals surface area (Å²) in [6.45, 7) is 1.50. The predicted octanol–water partition coefficient (Wildman–Crippen LogP) is 3.11. The number of hydrogen-bond donors (Lipinski definition) is 1. The van der Waals surface area contributed by atoms with Gasteiger partial charge in [-0.2, -0.15) is 0 Å². The minimum absolute atomic E-state index is 0.0565. The number of rotatable bonds is 2. The van der Waals surface area contributed by atoms with E-state index in [2.05, 4.69) is 11.4 Å². The van der Waals surface area contributed by atoms with Crippen molar-refractivity contribution in [3.8, 4) is 11.1 Å². The van der Waals surface area contributed by atoms with Crippen LogP contribution in [-0.4, -0.2) is 5.91 Å². The number of nitrogens with one attached hydrogen (secondary N) is 1. The molecule has 0 aromatic heterocycles. The van der Waals surface area contributed by atoms with Crippen LogP contribution in [0.25, 0.3) is 11.1 Å². The number of anilines is 1. The highest BCUT2D eigenvalue weighted by Gasteiger charge is 1.98. The van der Waals surface area contributed by atoms with Gasteiger partial charge in [0.1, 0.15) is 0 Å². The van der Waals surface area contributed by atoms with Crippen molar-refractivity contribution in [3.05, 3.63) is 54.6 Å². The molecular formula is C14H12NO. The lowest BCUT2D eigenvalue weighted by Gasteiger charge is -2.04. The van der Waals surface area contributed by atoms with E-state index < -0.39 is 0 Å². The molecule has 2 aromatic carbocycles. The second kappa shape index (κ2) is 4.62.